The average Bonchev–Trinajstić information content (AvgIpc) is 3.04. The smallest absolute Gasteiger partial charge is 0.255 e. The number of carbonyl (C=O) groups is 2. The first-order chi connectivity index (χ1) is 11.9. The molecule has 0 radical (unpaired) electrons. The molecule has 3 rings (SSSR count). The number of nitrogens with one attached hydrogen (secondary N) is 2. The minimum absolute atomic E-state index is 0.0496. The minimum atomic E-state index is -0.117. The van der Waals surface area contributed by atoms with Gasteiger partial charge in [-0.25, -0.2) is 0 Å². The van der Waals surface area contributed by atoms with E-state index in [4.69, 9.17) is 11.6 Å². The fraction of sp³-hybridized carbons (Fsp3) is 0.579. The van der Waals surface area contributed by atoms with E-state index in [-0.39, 0.29) is 17.7 Å². The molecule has 2 N–H and O–H groups in total. The van der Waals surface area contributed by atoms with Gasteiger partial charge < -0.3 is 15.5 Å². The van der Waals surface area contributed by atoms with Gasteiger partial charge in [0.05, 0.1) is 10.6 Å². The fourth-order valence-electron chi connectivity index (χ4n) is 3.63. The Balaban J connectivity index is 1.70. The zero-order valence-electron chi connectivity index (χ0n) is 14.9. The van der Waals surface area contributed by atoms with Gasteiger partial charge in [-0.1, -0.05) is 25.4 Å². The molecule has 136 valence electrons. The zero-order chi connectivity index (χ0) is 18.0. The quantitative estimate of drug-likeness (QED) is 0.867. The van der Waals surface area contributed by atoms with Crippen LogP contribution in [0.15, 0.2) is 18.2 Å². The van der Waals surface area contributed by atoms with Crippen LogP contribution in [0.4, 0.5) is 5.69 Å². The molecular formula is C19H26ClN3O2. The molecule has 2 fully saturated rings. The summed E-state index contributed by atoms with van der Waals surface area (Å²) in [5, 5.41) is 6.69. The second kappa shape index (κ2) is 7.34. The molecule has 1 aromatic rings. The standard InChI is InChI=1S/C19H26ClN3O2/c1-13(2)17(24)22-14-3-4-16(20)15(11-14)18(25)23-9-6-19(7-10-23)5-8-21-12-19/h3-4,11,13,21H,5-10,12H2,1-2H3,(H,22,24). The molecule has 2 saturated heterocycles. The summed E-state index contributed by atoms with van der Waals surface area (Å²) in [6.45, 7) is 7.33. The Labute approximate surface area is 154 Å². The lowest BCUT2D eigenvalue weighted by atomic mass is 9.78. The number of rotatable bonds is 3. The molecule has 2 heterocycles. The SMILES string of the molecule is CC(C)C(=O)Nc1ccc(Cl)c(C(=O)N2CCC3(CCNC3)CC2)c1. The second-order valence-corrected chi connectivity index (χ2v) is 7.96. The molecule has 2 amide bonds. The van der Waals surface area contributed by atoms with Gasteiger partial charge in [-0.2, -0.15) is 0 Å². The van der Waals surface area contributed by atoms with Crippen LogP contribution in [0.2, 0.25) is 5.02 Å². The number of halogens is 1. The first-order valence-corrected chi connectivity index (χ1v) is 9.38. The summed E-state index contributed by atoms with van der Waals surface area (Å²) in [5.41, 5.74) is 1.44. The fourth-order valence-corrected chi connectivity index (χ4v) is 3.83. The van der Waals surface area contributed by atoms with Crippen LogP contribution < -0.4 is 10.6 Å². The first-order valence-electron chi connectivity index (χ1n) is 9.01. The van der Waals surface area contributed by atoms with Gasteiger partial charge in [-0.15, -0.1) is 0 Å². The third-order valence-electron chi connectivity index (χ3n) is 5.43. The monoisotopic (exact) mass is 363 g/mol. The highest BCUT2D eigenvalue weighted by molar-refractivity contribution is 6.34. The maximum atomic E-state index is 12.9. The Kier molecular flexibility index (Phi) is 5.35. The number of hydrogen-bond donors (Lipinski definition) is 2. The van der Waals surface area contributed by atoms with E-state index >= 15 is 0 Å². The Morgan fingerprint density at radius 2 is 1.96 bits per heavy atom. The number of piperidine rings is 1. The van der Waals surface area contributed by atoms with E-state index < -0.39 is 0 Å². The highest BCUT2D eigenvalue weighted by Crippen LogP contribution is 2.37. The zero-order valence-corrected chi connectivity index (χ0v) is 15.7. The molecule has 0 saturated carbocycles. The molecular weight excluding hydrogens is 338 g/mol. The predicted molar refractivity (Wildman–Crippen MR) is 100.0 cm³/mol. The lowest BCUT2D eigenvalue weighted by Crippen LogP contribution is -2.44. The van der Waals surface area contributed by atoms with Crippen LogP contribution in [0.5, 0.6) is 0 Å². The number of amides is 2. The van der Waals surface area contributed by atoms with Gasteiger partial charge in [0, 0.05) is 31.2 Å². The Morgan fingerprint density at radius 1 is 1.24 bits per heavy atom. The molecule has 1 aromatic carbocycles. The van der Waals surface area contributed by atoms with Gasteiger partial charge in [-0.3, -0.25) is 9.59 Å². The lowest BCUT2D eigenvalue weighted by molar-refractivity contribution is -0.118. The van der Waals surface area contributed by atoms with Crippen LogP contribution in [0.1, 0.15) is 43.5 Å². The largest absolute Gasteiger partial charge is 0.339 e. The molecule has 2 aliphatic heterocycles. The molecule has 1 spiro atoms. The van der Waals surface area contributed by atoms with E-state index in [1.165, 1.54) is 6.42 Å². The second-order valence-electron chi connectivity index (χ2n) is 7.56. The number of anilines is 1. The molecule has 0 aliphatic carbocycles. The summed E-state index contributed by atoms with van der Waals surface area (Å²) < 4.78 is 0. The van der Waals surface area contributed by atoms with Gasteiger partial charge >= 0.3 is 0 Å². The van der Waals surface area contributed by atoms with Crippen molar-refractivity contribution in [3.63, 3.8) is 0 Å². The van der Waals surface area contributed by atoms with Crippen LogP contribution >= 0.6 is 11.6 Å². The molecule has 25 heavy (non-hydrogen) atoms. The van der Waals surface area contributed by atoms with Crippen molar-refractivity contribution in [3.8, 4) is 0 Å². The number of hydrogen-bond acceptors (Lipinski definition) is 3. The molecule has 0 atom stereocenters. The Bertz CT molecular complexity index is 659. The first kappa shape index (κ1) is 18.2. The van der Waals surface area contributed by atoms with Crippen molar-refractivity contribution in [2.24, 2.45) is 11.3 Å². The van der Waals surface area contributed by atoms with Gasteiger partial charge in [0.25, 0.3) is 5.91 Å². The number of carbonyl (C=O) groups excluding carboxylic acids is 2. The van der Waals surface area contributed by atoms with Crippen molar-refractivity contribution in [1.29, 1.82) is 0 Å². The summed E-state index contributed by atoms with van der Waals surface area (Å²) in [6, 6.07) is 5.10. The minimum Gasteiger partial charge on any atom is -0.339 e. The third-order valence-corrected chi connectivity index (χ3v) is 5.76. The Morgan fingerprint density at radius 3 is 2.56 bits per heavy atom. The summed E-state index contributed by atoms with van der Waals surface area (Å²) in [4.78, 5) is 26.7. The summed E-state index contributed by atoms with van der Waals surface area (Å²) in [5.74, 6) is -0.242. The van der Waals surface area contributed by atoms with E-state index in [0.717, 1.165) is 39.0 Å². The van der Waals surface area contributed by atoms with Gasteiger partial charge in [0.1, 0.15) is 0 Å². The predicted octanol–water partition coefficient (Wildman–Crippen LogP) is 3.15. The summed E-state index contributed by atoms with van der Waals surface area (Å²) in [6.07, 6.45) is 3.27. The lowest BCUT2D eigenvalue weighted by Gasteiger charge is -2.39. The van der Waals surface area contributed by atoms with Crippen molar-refractivity contribution in [2.45, 2.75) is 33.1 Å². The number of nitrogens with zero attached hydrogens (tertiary/aromatic N) is 1. The van der Waals surface area contributed by atoms with Crippen molar-refractivity contribution >= 4 is 29.1 Å². The molecule has 0 bridgehead atoms. The van der Waals surface area contributed by atoms with Crippen molar-refractivity contribution in [2.75, 3.05) is 31.5 Å². The number of likely N-dealkylation sites (tertiary alicyclic amines) is 1. The topological polar surface area (TPSA) is 61.4 Å². The summed E-state index contributed by atoms with van der Waals surface area (Å²) >= 11 is 6.26. The van der Waals surface area contributed by atoms with Crippen LogP contribution in [0, 0.1) is 11.3 Å². The van der Waals surface area contributed by atoms with Crippen LogP contribution in [0.3, 0.4) is 0 Å². The molecule has 0 aromatic heterocycles. The van der Waals surface area contributed by atoms with Crippen molar-refractivity contribution in [3.05, 3.63) is 28.8 Å². The molecule has 6 heteroatoms. The highest BCUT2D eigenvalue weighted by atomic mass is 35.5. The van der Waals surface area contributed by atoms with Crippen LogP contribution in [-0.4, -0.2) is 42.9 Å². The van der Waals surface area contributed by atoms with Crippen molar-refractivity contribution < 1.29 is 9.59 Å². The summed E-state index contributed by atoms with van der Waals surface area (Å²) in [7, 11) is 0. The van der Waals surface area contributed by atoms with E-state index in [1.54, 1.807) is 18.2 Å². The molecule has 0 unspecified atom stereocenters. The van der Waals surface area contributed by atoms with Gasteiger partial charge in [0.15, 0.2) is 0 Å². The van der Waals surface area contributed by atoms with Crippen molar-refractivity contribution in [1.82, 2.24) is 10.2 Å². The van der Waals surface area contributed by atoms with Gasteiger partial charge in [0.2, 0.25) is 5.91 Å². The van der Waals surface area contributed by atoms with E-state index in [0.29, 0.717) is 21.7 Å². The van der Waals surface area contributed by atoms with E-state index in [1.807, 2.05) is 18.7 Å². The van der Waals surface area contributed by atoms with Crippen LogP contribution in [-0.2, 0) is 4.79 Å². The average molecular weight is 364 g/mol. The number of benzene rings is 1. The maximum absolute atomic E-state index is 12.9. The maximum Gasteiger partial charge on any atom is 0.255 e. The van der Waals surface area contributed by atoms with E-state index in [2.05, 4.69) is 10.6 Å². The third kappa shape index (κ3) is 3.98. The highest BCUT2D eigenvalue weighted by Gasteiger charge is 2.38. The van der Waals surface area contributed by atoms with E-state index in [9.17, 15) is 9.59 Å². The molecule has 5 nitrogen and oxygen atoms in total. The Hall–Kier alpha value is -1.59. The normalized spacial score (nSPS) is 19.4. The molecule has 2 aliphatic rings. The van der Waals surface area contributed by atoms with Crippen LogP contribution in [0.25, 0.3) is 0 Å². The van der Waals surface area contributed by atoms with Gasteiger partial charge in [-0.05, 0) is 49.4 Å².